The molecule has 1 aromatic heterocycles. The number of fused-ring (bicyclic) bond motifs is 1. The molecule has 2 N–H and O–H groups in total. The van der Waals surface area contributed by atoms with Gasteiger partial charge >= 0.3 is 0 Å². The fourth-order valence-corrected chi connectivity index (χ4v) is 3.90. The van der Waals surface area contributed by atoms with Gasteiger partial charge in [0.15, 0.2) is 0 Å². The molecule has 25 heavy (non-hydrogen) atoms. The zero-order valence-corrected chi connectivity index (χ0v) is 13.8. The van der Waals surface area contributed by atoms with Crippen molar-refractivity contribution in [2.45, 2.75) is 6.42 Å². The number of aromatic nitrogens is 2. The Morgan fingerprint density at radius 3 is 2.96 bits per heavy atom. The van der Waals surface area contributed by atoms with Gasteiger partial charge in [0, 0.05) is 49.3 Å². The van der Waals surface area contributed by atoms with E-state index in [0.717, 1.165) is 5.69 Å². The van der Waals surface area contributed by atoms with Gasteiger partial charge in [-0.25, -0.2) is 4.98 Å². The first-order valence-electron chi connectivity index (χ1n) is 8.35. The quantitative estimate of drug-likeness (QED) is 0.896. The maximum Gasteiger partial charge on any atom is 0.253 e. The number of nitrogens with zero attached hydrogens (tertiary/aromatic N) is 3. The number of likely N-dealkylation sites (tertiary alicyclic amines) is 1. The van der Waals surface area contributed by atoms with E-state index in [4.69, 9.17) is 10.5 Å². The van der Waals surface area contributed by atoms with Gasteiger partial charge in [0.25, 0.3) is 5.91 Å². The second kappa shape index (κ2) is 6.00. The van der Waals surface area contributed by atoms with E-state index >= 15 is 0 Å². The molecule has 0 saturated carbocycles. The highest BCUT2D eigenvalue weighted by molar-refractivity contribution is 5.96. The first-order valence-corrected chi connectivity index (χ1v) is 8.35. The maximum atomic E-state index is 13.0. The number of ether oxygens (including phenoxy) is 1. The minimum absolute atomic E-state index is 0.0282. The molecule has 2 aromatic rings. The fraction of sp³-hybridized carbons (Fsp3) is 0.389. The Labute approximate surface area is 145 Å². The first-order chi connectivity index (χ1) is 12.1. The van der Waals surface area contributed by atoms with E-state index in [2.05, 4.69) is 4.98 Å². The van der Waals surface area contributed by atoms with Crippen molar-refractivity contribution in [3.63, 3.8) is 0 Å². The van der Waals surface area contributed by atoms with Crippen molar-refractivity contribution < 1.29 is 14.3 Å². The standard InChI is InChI=1S/C18H20N4O3/c19-17(24)18-4-7-25-10-14(18)9-22(11-18)16(23)13-2-1-3-15(8-13)21-6-5-20-12-21/h1-3,5-6,8,12,14H,4,7,9-11H2,(H2,19,24)/t14-,18+/m1/s1. The second-order valence-electron chi connectivity index (χ2n) is 6.75. The molecule has 0 unspecified atom stereocenters. The Morgan fingerprint density at radius 2 is 2.24 bits per heavy atom. The van der Waals surface area contributed by atoms with Crippen LogP contribution in [0.25, 0.3) is 5.69 Å². The summed E-state index contributed by atoms with van der Waals surface area (Å²) >= 11 is 0. The molecule has 3 heterocycles. The molecule has 1 aromatic carbocycles. The molecular formula is C18H20N4O3. The van der Waals surface area contributed by atoms with Gasteiger partial charge in [-0.3, -0.25) is 9.59 Å². The highest BCUT2D eigenvalue weighted by atomic mass is 16.5. The number of hydrogen-bond acceptors (Lipinski definition) is 4. The van der Waals surface area contributed by atoms with Crippen molar-refractivity contribution in [2.75, 3.05) is 26.3 Å². The lowest BCUT2D eigenvalue weighted by atomic mass is 9.74. The van der Waals surface area contributed by atoms with E-state index in [9.17, 15) is 9.59 Å². The lowest BCUT2D eigenvalue weighted by Gasteiger charge is -2.34. The lowest BCUT2D eigenvalue weighted by molar-refractivity contribution is -0.135. The summed E-state index contributed by atoms with van der Waals surface area (Å²) in [4.78, 5) is 30.8. The molecule has 4 rings (SSSR count). The van der Waals surface area contributed by atoms with Gasteiger partial charge < -0.3 is 19.9 Å². The summed E-state index contributed by atoms with van der Waals surface area (Å²) in [7, 11) is 0. The van der Waals surface area contributed by atoms with Crippen LogP contribution in [-0.2, 0) is 9.53 Å². The van der Waals surface area contributed by atoms with Crippen molar-refractivity contribution in [2.24, 2.45) is 17.1 Å². The van der Waals surface area contributed by atoms with Crippen LogP contribution in [0.4, 0.5) is 0 Å². The van der Waals surface area contributed by atoms with Crippen LogP contribution < -0.4 is 5.73 Å². The van der Waals surface area contributed by atoms with Gasteiger partial charge in [0.1, 0.15) is 0 Å². The van der Waals surface area contributed by atoms with E-state index < -0.39 is 5.41 Å². The number of rotatable bonds is 3. The molecule has 0 spiro atoms. The van der Waals surface area contributed by atoms with Gasteiger partial charge in [-0.15, -0.1) is 0 Å². The Balaban J connectivity index is 1.60. The van der Waals surface area contributed by atoms with E-state index in [1.165, 1.54) is 0 Å². The summed E-state index contributed by atoms with van der Waals surface area (Å²) in [6.07, 6.45) is 5.78. The Morgan fingerprint density at radius 1 is 1.36 bits per heavy atom. The highest BCUT2D eigenvalue weighted by Gasteiger charge is 2.53. The number of primary amides is 1. The Bertz CT molecular complexity index is 804. The average molecular weight is 340 g/mol. The second-order valence-corrected chi connectivity index (χ2v) is 6.75. The van der Waals surface area contributed by atoms with Crippen LogP contribution >= 0.6 is 0 Å². The Hall–Kier alpha value is -2.67. The van der Waals surface area contributed by atoms with Crippen molar-refractivity contribution >= 4 is 11.8 Å². The van der Waals surface area contributed by atoms with Crippen LogP contribution in [0, 0.1) is 11.3 Å². The van der Waals surface area contributed by atoms with E-state index in [1.807, 2.05) is 29.0 Å². The number of benzene rings is 1. The van der Waals surface area contributed by atoms with Crippen LogP contribution in [0.5, 0.6) is 0 Å². The van der Waals surface area contributed by atoms with E-state index in [-0.39, 0.29) is 17.7 Å². The van der Waals surface area contributed by atoms with Crippen LogP contribution in [-0.4, -0.2) is 52.6 Å². The van der Waals surface area contributed by atoms with Gasteiger partial charge in [-0.1, -0.05) is 6.07 Å². The van der Waals surface area contributed by atoms with Crippen LogP contribution in [0.15, 0.2) is 43.0 Å². The molecule has 7 nitrogen and oxygen atoms in total. The van der Waals surface area contributed by atoms with E-state index in [0.29, 0.717) is 38.3 Å². The molecule has 0 bridgehead atoms. The summed E-state index contributed by atoms with van der Waals surface area (Å²) in [5.41, 5.74) is 6.49. The van der Waals surface area contributed by atoms with Crippen LogP contribution in [0.2, 0.25) is 0 Å². The van der Waals surface area contributed by atoms with Gasteiger partial charge in [0.05, 0.1) is 18.3 Å². The Kier molecular flexibility index (Phi) is 3.80. The van der Waals surface area contributed by atoms with Gasteiger partial charge in [0.2, 0.25) is 5.91 Å². The monoisotopic (exact) mass is 340 g/mol. The molecule has 130 valence electrons. The van der Waals surface area contributed by atoms with Crippen molar-refractivity contribution in [3.8, 4) is 5.69 Å². The summed E-state index contributed by atoms with van der Waals surface area (Å²) < 4.78 is 7.35. The predicted molar refractivity (Wildman–Crippen MR) is 90.0 cm³/mol. The molecule has 2 saturated heterocycles. The minimum Gasteiger partial charge on any atom is -0.381 e. The van der Waals surface area contributed by atoms with Crippen molar-refractivity contribution in [1.29, 1.82) is 0 Å². The minimum atomic E-state index is -0.657. The average Bonchev–Trinajstić information content (AvgIpc) is 3.29. The third kappa shape index (κ3) is 2.60. The number of carbonyl (C=O) groups is 2. The normalized spacial score (nSPS) is 25.6. The molecule has 2 aliphatic heterocycles. The molecule has 7 heteroatoms. The molecule has 0 radical (unpaired) electrons. The molecule has 2 fully saturated rings. The molecular weight excluding hydrogens is 320 g/mol. The molecule has 2 atom stereocenters. The molecule has 0 aliphatic carbocycles. The zero-order valence-electron chi connectivity index (χ0n) is 13.8. The van der Waals surface area contributed by atoms with Gasteiger partial charge in [-0.2, -0.15) is 0 Å². The van der Waals surface area contributed by atoms with Crippen LogP contribution in [0.1, 0.15) is 16.8 Å². The molecule has 2 amide bonds. The third-order valence-electron chi connectivity index (χ3n) is 5.38. The summed E-state index contributed by atoms with van der Waals surface area (Å²) in [6, 6.07) is 7.39. The first kappa shape index (κ1) is 15.8. The smallest absolute Gasteiger partial charge is 0.253 e. The summed E-state index contributed by atoms with van der Waals surface area (Å²) in [6.45, 7) is 1.85. The third-order valence-corrected chi connectivity index (χ3v) is 5.38. The number of nitrogens with two attached hydrogens (primary N) is 1. The fourth-order valence-electron chi connectivity index (χ4n) is 3.90. The number of imidazole rings is 1. The zero-order chi connectivity index (χ0) is 17.4. The van der Waals surface area contributed by atoms with Crippen molar-refractivity contribution in [3.05, 3.63) is 48.5 Å². The lowest BCUT2D eigenvalue weighted by Crippen LogP contribution is -2.48. The number of hydrogen-bond donors (Lipinski definition) is 1. The number of amides is 2. The maximum absolute atomic E-state index is 13.0. The van der Waals surface area contributed by atoms with Crippen LogP contribution in [0.3, 0.4) is 0 Å². The SMILES string of the molecule is NC(=O)[C@]12CCOC[C@H]1CN(C(=O)c1cccc(-n3ccnc3)c1)C2. The van der Waals surface area contributed by atoms with Crippen molar-refractivity contribution in [1.82, 2.24) is 14.5 Å². The van der Waals surface area contributed by atoms with Gasteiger partial charge in [-0.05, 0) is 24.6 Å². The topological polar surface area (TPSA) is 90.5 Å². The highest BCUT2D eigenvalue weighted by Crippen LogP contribution is 2.42. The largest absolute Gasteiger partial charge is 0.381 e. The molecule has 2 aliphatic rings. The predicted octanol–water partition coefficient (Wildman–Crippen LogP) is 0.836. The summed E-state index contributed by atoms with van der Waals surface area (Å²) in [5.74, 6) is -0.445. The summed E-state index contributed by atoms with van der Waals surface area (Å²) in [5, 5.41) is 0. The number of carbonyl (C=O) groups excluding carboxylic acids is 2. The van der Waals surface area contributed by atoms with E-state index in [1.54, 1.807) is 23.5 Å².